The molecular formula is C23H26Cl2N4O3. The van der Waals surface area contributed by atoms with Crippen LogP contribution in [0, 0.1) is 0 Å². The average Bonchev–Trinajstić information content (AvgIpc) is 3.25. The van der Waals surface area contributed by atoms with E-state index in [0.717, 1.165) is 44.1 Å². The van der Waals surface area contributed by atoms with Crippen molar-refractivity contribution in [3.05, 3.63) is 52.5 Å². The molecule has 0 spiro atoms. The van der Waals surface area contributed by atoms with Gasteiger partial charge in [-0.15, -0.1) is 0 Å². The number of nitrogens with zero attached hydrogens (tertiary/aromatic N) is 2. The fourth-order valence-corrected chi connectivity index (χ4v) is 4.42. The quantitative estimate of drug-likeness (QED) is 0.661. The van der Waals surface area contributed by atoms with Crippen LogP contribution < -0.4 is 15.5 Å². The Balaban J connectivity index is 1.32. The summed E-state index contributed by atoms with van der Waals surface area (Å²) in [4.78, 5) is 29.6. The van der Waals surface area contributed by atoms with Crippen molar-refractivity contribution in [3.63, 3.8) is 0 Å². The predicted octanol–water partition coefficient (Wildman–Crippen LogP) is 3.87. The molecule has 0 saturated carbocycles. The number of carbonyl (C=O) groups excluding carboxylic acids is 2. The summed E-state index contributed by atoms with van der Waals surface area (Å²) in [7, 11) is 0. The van der Waals surface area contributed by atoms with Crippen LogP contribution in [0.3, 0.4) is 0 Å². The highest BCUT2D eigenvalue weighted by molar-refractivity contribution is 6.35. The summed E-state index contributed by atoms with van der Waals surface area (Å²) in [6.07, 6.45) is 1.54. The van der Waals surface area contributed by atoms with E-state index in [2.05, 4.69) is 15.5 Å². The smallest absolute Gasteiger partial charge is 0.241 e. The molecule has 2 aliphatic rings. The van der Waals surface area contributed by atoms with E-state index in [9.17, 15) is 9.59 Å². The Morgan fingerprint density at radius 2 is 1.75 bits per heavy atom. The van der Waals surface area contributed by atoms with Crippen LogP contribution >= 0.6 is 23.2 Å². The third kappa shape index (κ3) is 5.72. The molecule has 0 aliphatic carbocycles. The standard InChI is InChI=1S/C23H26Cl2N4O3/c24-16-3-8-19(25)20(14-16)27-23(31)21-2-1-9-29(21)15-22(30)26-17-4-6-18(7-5-17)28-10-12-32-13-11-28/h3-8,14,21H,1-2,9-13,15H2,(H,26,30)(H,27,31). The Hall–Kier alpha value is -2.32. The van der Waals surface area contributed by atoms with Gasteiger partial charge in [0, 0.05) is 29.5 Å². The van der Waals surface area contributed by atoms with Crippen molar-refractivity contribution in [2.75, 3.05) is 54.9 Å². The van der Waals surface area contributed by atoms with Crippen LogP contribution in [0.2, 0.25) is 10.0 Å². The molecule has 2 saturated heterocycles. The second-order valence-electron chi connectivity index (χ2n) is 7.94. The van der Waals surface area contributed by atoms with E-state index in [4.69, 9.17) is 27.9 Å². The zero-order valence-corrected chi connectivity index (χ0v) is 19.2. The zero-order valence-electron chi connectivity index (χ0n) is 17.7. The number of anilines is 3. The number of carbonyl (C=O) groups is 2. The molecule has 4 rings (SSSR count). The lowest BCUT2D eigenvalue weighted by molar-refractivity contribution is -0.122. The highest BCUT2D eigenvalue weighted by Gasteiger charge is 2.32. The maximum absolute atomic E-state index is 12.8. The Labute approximate surface area is 197 Å². The molecule has 7 nitrogen and oxygen atoms in total. The molecule has 0 bridgehead atoms. The highest BCUT2D eigenvalue weighted by Crippen LogP contribution is 2.27. The van der Waals surface area contributed by atoms with Crippen molar-refractivity contribution in [3.8, 4) is 0 Å². The van der Waals surface area contributed by atoms with Crippen molar-refractivity contribution in [2.24, 2.45) is 0 Å². The lowest BCUT2D eigenvalue weighted by Gasteiger charge is -2.29. The molecule has 9 heteroatoms. The number of amides is 2. The average molecular weight is 477 g/mol. The van der Waals surface area contributed by atoms with Gasteiger partial charge in [0.25, 0.3) is 0 Å². The molecule has 2 amide bonds. The van der Waals surface area contributed by atoms with Gasteiger partial charge in [0.1, 0.15) is 0 Å². The minimum atomic E-state index is -0.389. The Bertz CT molecular complexity index is 964. The first kappa shape index (κ1) is 22.9. The van der Waals surface area contributed by atoms with Crippen LogP contribution in [-0.4, -0.2) is 62.1 Å². The molecule has 2 aromatic carbocycles. The lowest BCUT2D eigenvalue weighted by Crippen LogP contribution is -2.43. The molecule has 2 fully saturated rings. The van der Waals surface area contributed by atoms with Gasteiger partial charge in [0.2, 0.25) is 11.8 Å². The van der Waals surface area contributed by atoms with E-state index < -0.39 is 0 Å². The summed E-state index contributed by atoms with van der Waals surface area (Å²) in [6, 6.07) is 12.3. The second kappa shape index (κ2) is 10.5. The van der Waals surface area contributed by atoms with Gasteiger partial charge in [0.15, 0.2) is 0 Å². The van der Waals surface area contributed by atoms with E-state index in [1.165, 1.54) is 0 Å². The number of halogens is 2. The first-order valence-corrected chi connectivity index (χ1v) is 11.5. The van der Waals surface area contributed by atoms with Gasteiger partial charge < -0.3 is 20.3 Å². The van der Waals surface area contributed by atoms with Crippen LogP contribution in [0.15, 0.2) is 42.5 Å². The fraction of sp³-hybridized carbons (Fsp3) is 0.391. The number of hydrogen-bond acceptors (Lipinski definition) is 5. The summed E-state index contributed by atoms with van der Waals surface area (Å²) in [5.41, 5.74) is 2.32. The fourth-order valence-electron chi connectivity index (χ4n) is 4.08. The monoisotopic (exact) mass is 476 g/mol. The minimum Gasteiger partial charge on any atom is -0.378 e. The van der Waals surface area contributed by atoms with Crippen molar-refractivity contribution >= 4 is 52.1 Å². The number of morpholine rings is 1. The number of benzene rings is 2. The largest absolute Gasteiger partial charge is 0.378 e. The van der Waals surface area contributed by atoms with Gasteiger partial charge in [-0.1, -0.05) is 23.2 Å². The number of ether oxygens (including phenoxy) is 1. The number of nitrogens with one attached hydrogen (secondary N) is 2. The summed E-state index contributed by atoms with van der Waals surface area (Å²) < 4.78 is 5.39. The second-order valence-corrected chi connectivity index (χ2v) is 8.78. The molecule has 0 radical (unpaired) electrons. The van der Waals surface area contributed by atoms with Crippen molar-refractivity contribution in [1.82, 2.24) is 4.90 Å². The molecule has 2 aliphatic heterocycles. The molecule has 1 unspecified atom stereocenters. The van der Waals surface area contributed by atoms with Crippen LogP contribution in [0.4, 0.5) is 17.1 Å². The summed E-state index contributed by atoms with van der Waals surface area (Å²) in [5.74, 6) is -0.334. The van der Waals surface area contributed by atoms with Crippen molar-refractivity contribution in [2.45, 2.75) is 18.9 Å². The third-order valence-electron chi connectivity index (χ3n) is 5.73. The van der Waals surface area contributed by atoms with Crippen LogP contribution in [0.1, 0.15) is 12.8 Å². The minimum absolute atomic E-state index is 0.145. The van der Waals surface area contributed by atoms with E-state index in [-0.39, 0.29) is 24.4 Å². The first-order valence-electron chi connectivity index (χ1n) is 10.7. The number of rotatable bonds is 6. The summed E-state index contributed by atoms with van der Waals surface area (Å²) >= 11 is 12.2. The lowest BCUT2D eigenvalue weighted by atomic mass is 10.2. The van der Waals surface area contributed by atoms with Crippen LogP contribution in [-0.2, 0) is 14.3 Å². The van der Waals surface area contributed by atoms with E-state index in [0.29, 0.717) is 28.7 Å². The van der Waals surface area contributed by atoms with Crippen molar-refractivity contribution < 1.29 is 14.3 Å². The number of likely N-dealkylation sites (tertiary alicyclic amines) is 1. The Morgan fingerprint density at radius 1 is 1.00 bits per heavy atom. The Morgan fingerprint density at radius 3 is 2.50 bits per heavy atom. The molecule has 170 valence electrons. The van der Waals surface area contributed by atoms with Gasteiger partial charge in [-0.2, -0.15) is 0 Å². The van der Waals surface area contributed by atoms with Gasteiger partial charge in [-0.3, -0.25) is 14.5 Å². The zero-order chi connectivity index (χ0) is 22.5. The summed E-state index contributed by atoms with van der Waals surface area (Å²) in [6.45, 7) is 4.02. The van der Waals surface area contributed by atoms with Gasteiger partial charge in [-0.05, 0) is 61.9 Å². The van der Waals surface area contributed by atoms with E-state index >= 15 is 0 Å². The molecular weight excluding hydrogens is 451 g/mol. The van der Waals surface area contributed by atoms with Crippen LogP contribution in [0.25, 0.3) is 0 Å². The van der Waals surface area contributed by atoms with E-state index in [1.54, 1.807) is 18.2 Å². The van der Waals surface area contributed by atoms with E-state index in [1.807, 2.05) is 29.2 Å². The van der Waals surface area contributed by atoms with Crippen molar-refractivity contribution in [1.29, 1.82) is 0 Å². The molecule has 2 aromatic rings. The van der Waals surface area contributed by atoms with Gasteiger partial charge >= 0.3 is 0 Å². The topological polar surface area (TPSA) is 73.9 Å². The molecule has 2 N–H and O–H groups in total. The Kier molecular flexibility index (Phi) is 7.52. The van der Waals surface area contributed by atoms with Crippen LogP contribution in [0.5, 0.6) is 0 Å². The summed E-state index contributed by atoms with van der Waals surface area (Å²) in [5, 5.41) is 6.69. The molecule has 2 heterocycles. The first-order chi connectivity index (χ1) is 15.5. The van der Waals surface area contributed by atoms with Gasteiger partial charge in [-0.25, -0.2) is 0 Å². The van der Waals surface area contributed by atoms with Gasteiger partial charge in [0.05, 0.1) is 36.5 Å². The highest BCUT2D eigenvalue weighted by atomic mass is 35.5. The SMILES string of the molecule is O=C(CN1CCCC1C(=O)Nc1cc(Cl)ccc1Cl)Nc1ccc(N2CCOCC2)cc1. The molecule has 1 atom stereocenters. The maximum Gasteiger partial charge on any atom is 0.241 e. The maximum atomic E-state index is 12.8. The molecule has 32 heavy (non-hydrogen) atoms. The normalized spacial score (nSPS) is 19.1. The number of hydrogen-bond donors (Lipinski definition) is 2. The third-order valence-corrected chi connectivity index (χ3v) is 6.29. The predicted molar refractivity (Wildman–Crippen MR) is 128 cm³/mol. The molecule has 0 aromatic heterocycles.